The molecule has 0 bridgehead atoms. The normalized spacial score (nSPS) is 13.1. The van der Waals surface area contributed by atoms with Gasteiger partial charge in [0.15, 0.2) is 0 Å². The van der Waals surface area contributed by atoms with E-state index in [4.69, 9.17) is 4.74 Å². The van der Waals surface area contributed by atoms with Crippen LogP contribution in [-0.2, 0) is 11.3 Å². The van der Waals surface area contributed by atoms with Crippen molar-refractivity contribution in [3.63, 3.8) is 0 Å². The maximum atomic E-state index is 11.0. The number of rotatable bonds is 5. The van der Waals surface area contributed by atoms with E-state index in [1.165, 1.54) is 10.2 Å². The molecule has 5 nitrogen and oxygen atoms in total. The molecule has 0 fully saturated rings. The second-order valence-corrected chi connectivity index (χ2v) is 5.03. The molecule has 1 heterocycles. The lowest BCUT2D eigenvalue weighted by Gasteiger charge is -2.12. The first-order valence-corrected chi connectivity index (χ1v) is 6.60. The second-order valence-electron chi connectivity index (χ2n) is 4.20. The van der Waals surface area contributed by atoms with Gasteiger partial charge in [-0.15, -0.1) is 0 Å². The zero-order chi connectivity index (χ0) is 13.1. The Kier molecular flexibility index (Phi) is 4.00. The van der Waals surface area contributed by atoms with Crippen molar-refractivity contribution in [2.24, 2.45) is 0 Å². The van der Waals surface area contributed by atoms with E-state index in [0.29, 0.717) is 17.9 Å². The molecule has 1 aromatic heterocycles. The van der Waals surface area contributed by atoms with Crippen LogP contribution in [0.2, 0.25) is 0 Å². The van der Waals surface area contributed by atoms with Crippen LogP contribution in [0.15, 0.2) is 30.5 Å². The average Bonchev–Trinajstić information content (AvgIpc) is 2.73. The molecule has 0 amide bonds. The molecule has 0 radical (unpaired) electrons. The zero-order valence-corrected chi connectivity index (χ0v) is 11.1. The summed E-state index contributed by atoms with van der Waals surface area (Å²) in [5.41, 5.74) is 0.630. The summed E-state index contributed by atoms with van der Waals surface area (Å²) in [4.78, 5) is 2.03. The highest BCUT2D eigenvalue weighted by Crippen LogP contribution is 2.26. The van der Waals surface area contributed by atoms with Crippen LogP contribution in [0.1, 0.15) is 0 Å². The molecule has 0 saturated carbocycles. The summed E-state index contributed by atoms with van der Waals surface area (Å²) in [5.74, 6) is 0.707. The summed E-state index contributed by atoms with van der Waals surface area (Å²) < 4.78 is 28.9. The molecule has 6 heteroatoms. The molecular weight excluding hydrogens is 252 g/mol. The molecule has 18 heavy (non-hydrogen) atoms. The lowest BCUT2D eigenvalue weighted by atomic mass is 10.2. The van der Waals surface area contributed by atoms with E-state index in [2.05, 4.69) is 0 Å². The minimum Gasteiger partial charge on any atom is -0.755 e. The lowest BCUT2D eigenvalue weighted by Crippen LogP contribution is -2.19. The molecule has 0 spiro atoms. The summed E-state index contributed by atoms with van der Waals surface area (Å²) in [7, 11) is 3.95. The van der Waals surface area contributed by atoms with E-state index >= 15 is 0 Å². The first kappa shape index (κ1) is 13.1. The van der Waals surface area contributed by atoms with Crippen molar-refractivity contribution in [1.82, 2.24) is 8.87 Å². The third-order valence-corrected chi connectivity index (χ3v) is 3.25. The van der Waals surface area contributed by atoms with Gasteiger partial charge in [0.05, 0.1) is 16.8 Å². The predicted octanol–water partition coefficient (Wildman–Crippen LogP) is 1.22. The summed E-state index contributed by atoms with van der Waals surface area (Å²) in [6.07, 6.45) is 1.52. The van der Waals surface area contributed by atoms with Crippen molar-refractivity contribution >= 4 is 22.2 Å². The largest absolute Gasteiger partial charge is 0.755 e. The Bertz CT molecular complexity index is 565. The Morgan fingerprint density at radius 3 is 2.83 bits per heavy atom. The predicted molar refractivity (Wildman–Crippen MR) is 70.3 cm³/mol. The fraction of sp³-hybridized carbons (Fsp3) is 0.333. The van der Waals surface area contributed by atoms with Crippen molar-refractivity contribution in [3.05, 3.63) is 30.5 Å². The molecule has 0 aliphatic rings. The van der Waals surface area contributed by atoms with Gasteiger partial charge in [-0.2, -0.15) is 0 Å². The third-order valence-electron chi connectivity index (χ3n) is 2.61. The van der Waals surface area contributed by atoms with Crippen molar-refractivity contribution in [3.8, 4) is 5.75 Å². The highest BCUT2D eigenvalue weighted by atomic mass is 32.2. The van der Waals surface area contributed by atoms with E-state index in [9.17, 15) is 8.76 Å². The highest BCUT2D eigenvalue weighted by molar-refractivity contribution is 7.77. The van der Waals surface area contributed by atoms with Crippen LogP contribution in [0.5, 0.6) is 5.75 Å². The van der Waals surface area contributed by atoms with Crippen molar-refractivity contribution in [2.45, 2.75) is 0 Å². The summed E-state index contributed by atoms with van der Waals surface area (Å²) in [6.45, 7) is 1.38. The van der Waals surface area contributed by atoms with Gasteiger partial charge >= 0.3 is 0 Å². The number of nitrogens with zero attached hydrogens (tertiary/aromatic N) is 2. The summed E-state index contributed by atoms with van der Waals surface area (Å²) in [6, 6.07) is 7.13. The fourth-order valence-electron chi connectivity index (χ4n) is 1.71. The highest BCUT2D eigenvalue weighted by Gasteiger charge is 2.06. The van der Waals surface area contributed by atoms with E-state index in [1.807, 2.05) is 25.1 Å². The molecule has 0 aliphatic carbocycles. The molecule has 1 unspecified atom stereocenters. The van der Waals surface area contributed by atoms with Crippen LogP contribution in [-0.4, -0.2) is 44.9 Å². The molecule has 1 atom stereocenters. The minimum absolute atomic E-state index is 0.567. The van der Waals surface area contributed by atoms with Crippen molar-refractivity contribution in [2.75, 3.05) is 27.2 Å². The molecular formula is C12H15N2O3S-. The fourth-order valence-corrected chi connectivity index (χ4v) is 2.19. The third kappa shape index (κ3) is 2.72. The van der Waals surface area contributed by atoms with Gasteiger partial charge < -0.3 is 14.2 Å². The zero-order valence-electron chi connectivity index (χ0n) is 10.3. The van der Waals surface area contributed by atoms with Crippen LogP contribution in [0.25, 0.3) is 10.9 Å². The Balaban J connectivity index is 2.26. The molecule has 1 aromatic carbocycles. The van der Waals surface area contributed by atoms with Gasteiger partial charge in [-0.1, -0.05) is 6.07 Å². The Hall–Kier alpha value is -1.37. The smallest absolute Gasteiger partial charge is 0.128 e. The molecule has 0 aliphatic heterocycles. The van der Waals surface area contributed by atoms with Gasteiger partial charge in [0.1, 0.15) is 12.4 Å². The standard InChI is InChI=1S/C12H16N2O3S/c1-13(2)8-9-17-12-5-3-4-11-10(12)6-7-14(11)18(15)16/h3-7H,8-9H2,1-2H3,(H,15,16)/p-1. The van der Waals surface area contributed by atoms with Crippen LogP contribution in [0.3, 0.4) is 0 Å². The lowest BCUT2D eigenvalue weighted by molar-refractivity contribution is 0.263. The van der Waals surface area contributed by atoms with Gasteiger partial charge in [0.2, 0.25) is 0 Å². The number of benzene rings is 1. The van der Waals surface area contributed by atoms with Gasteiger partial charge in [0.25, 0.3) is 0 Å². The number of ether oxygens (including phenoxy) is 1. The van der Waals surface area contributed by atoms with Gasteiger partial charge in [-0.3, -0.25) is 8.18 Å². The number of likely N-dealkylation sites (N-methyl/N-ethyl adjacent to an activating group) is 1. The monoisotopic (exact) mass is 267 g/mol. The molecule has 98 valence electrons. The van der Waals surface area contributed by atoms with Crippen molar-refractivity contribution < 1.29 is 13.5 Å². The number of hydrogen-bond acceptors (Lipinski definition) is 4. The first-order chi connectivity index (χ1) is 8.59. The number of hydrogen-bond donors (Lipinski definition) is 0. The van der Waals surface area contributed by atoms with Crippen LogP contribution >= 0.6 is 0 Å². The minimum atomic E-state index is -2.29. The van der Waals surface area contributed by atoms with Gasteiger partial charge in [0, 0.05) is 18.1 Å². The van der Waals surface area contributed by atoms with E-state index in [-0.39, 0.29) is 0 Å². The summed E-state index contributed by atoms with van der Waals surface area (Å²) >= 11 is -2.29. The topological polar surface area (TPSA) is 57.5 Å². The van der Waals surface area contributed by atoms with E-state index in [1.54, 1.807) is 18.2 Å². The van der Waals surface area contributed by atoms with E-state index in [0.717, 1.165) is 11.9 Å². The Morgan fingerprint density at radius 1 is 1.39 bits per heavy atom. The Morgan fingerprint density at radius 2 is 2.17 bits per heavy atom. The molecule has 0 N–H and O–H groups in total. The quantitative estimate of drug-likeness (QED) is 0.764. The van der Waals surface area contributed by atoms with Crippen LogP contribution in [0.4, 0.5) is 0 Å². The van der Waals surface area contributed by atoms with Gasteiger partial charge in [-0.25, -0.2) is 0 Å². The van der Waals surface area contributed by atoms with Crippen molar-refractivity contribution in [1.29, 1.82) is 0 Å². The van der Waals surface area contributed by atoms with Gasteiger partial charge in [-0.05, 0) is 32.3 Å². The maximum Gasteiger partial charge on any atom is 0.128 e. The van der Waals surface area contributed by atoms with Crippen LogP contribution in [0, 0.1) is 0 Å². The Labute approximate surface area is 108 Å². The number of aromatic nitrogens is 1. The molecule has 0 saturated heterocycles. The second kappa shape index (κ2) is 5.51. The van der Waals surface area contributed by atoms with E-state index < -0.39 is 11.3 Å². The maximum absolute atomic E-state index is 11.0. The van der Waals surface area contributed by atoms with Crippen LogP contribution < -0.4 is 4.74 Å². The number of fused-ring (bicyclic) bond motifs is 1. The summed E-state index contributed by atoms with van der Waals surface area (Å²) in [5, 5.41) is 0.806. The molecule has 2 rings (SSSR count). The molecule has 2 aromatic rings. The average molecular weight is 267 g/mol. The SMILES string of the molecule is CN(C)CCOc1cccc2c1ccn2S(=O)[O-]. The first-order valence-electron chi connectivity index (χ1n) is 5.57.